The number of ether oxygens (including phenoxy) is 1. The van der Waals surface area contributed by atoms with E-state index in [4.69, 9.17) is 9.84 Å². The molecule has 3 rings (SSSR count). The number of aromatic nitrogens is 2. The zero-order valence-corrected chi connectivity index (χ0v) is 12.7. The molecule has 0 radical (unpaired) electrons. The number of nitrogens with zero attached hydrogens (tertiary/aromatic N) is 2. The van der Waals surface area contributed by atoms with Crippen LogP contribution in [-0.4, -0.2) is 49.4 Å². The Kier molecular flexibility index (Phi) is 4.63. The predicted octanol–water partition coefficient (Wildman–Crippen LogP) is -1.33. The molecule has 128 valence electrons. The molecule has 1 saturated heterocycles. The van der Waals surface area contributed by atoms with Crippen LogP contribution in [0.4, 0.5) is 0 Å². The van der Waals surface area contributed by atoms with Crippen LogP contribution < -0.4 is 11.2 Å². The Hall–Kier alpha value is -2.26. The average molecular weight is 334 g/mol. The van der Waals surface area contributed by atoms with Crippen LogP contribution in [0.5, 0.6) is 0 Å². The van der Waals surface area contributed by atoms with Crippen LogP contribution in [0.2, 0.25) is 0 Å². The zero-order chi connectivity index (χ0) is 17.3. The van der Waals surface area contributed by atoms with E-state index < -0.39 is 42.4 Å². The van der Waals surface area contributed by atoms with Gasteiger partial charge in [-0.25, -0.2) is 4.79 Å². The first-order valence-electron chi connectivity index (χ1n) is 7.51. The second-order valence-electron chi connectivity index (χ2n) is 5.64. The first kappa shape index (κ1) is 16.6. The van der Waals surface area contributed by atoms with Gasteiger partial charge in [0.2, 0.25) is 0 Å². The molecular formula is C16H18N2O6. The van der Waals surface area contributed by atoms with E-state index in [0.717, 1.165) is 14.7 Å². The van der Waals surface area contributed by atoms with Gasteiger partial charge in [-0.05, 0) is 5.56 Å². The Labute approximate surface area is 136 Å². The third-order valence-corrected chi connectivity index (χ3v) is 4.07. The van der Waals surface area contributed by atoms with E-state index in [1.165, 1.54) is 12.3 Å². The summed E-state index contributed by atoms with van der Waals surface area (Å²) in [5.74, 6) is 0. The summed E-state index contributed by atoms with van der Waals surface area (Å²) in [4.78, 5) is 24.7. The topological polar surface area (TPSA) is 114 Å². The van der Waals surface area contributed by atoms with Crippen LogP contribution >= 0.6 is 0 Å². The molecule has 1 aliphatic rings. The first-order chi connectivity index (χ1) is 11.5. The van der Waals surface area contributed by atoms with Gasteiger partial charge in [-0.1, -0.05) is 30.3 Å². The van der Waals surface area contributed by atoms with Crippen LogP contribution in [0, 0.1) is 0 Å². The molecule has 2 aromatic rings. The van der Waals surface area contributed by atoms with Gasteiger partial charge in [0.05, 0.1) is 13.2 Å². The Balaban J connectivity index is 1.98. The van der Waals surface area contributed by atoms with Crippen molar-refractivity contribution < 1.29 is 20.1 Å². The van der Waals surface area contributed by atoms with E-state index in [1.807, 2.05) is 6.07 Å². The minimum Gasteiger partial charge on any atom is -0.394 e. The predicted molar refractivity (Wildman–Crippen MR) is 83.5 cm³/mol. The second-order valence-corrected chi connectivity index (χ2v) is 5.64. The van der Waals surface area contributed by atoms with E-state index in [-0.39, 0.29) is 6.54 Å². The molecule has 0 bridgehead atoms. The molecule has 4 unspecified atom stereocenters. The maximum absolute atomic E-state index is 12.6. The molecule has 0 amide bonds. The number of hydrogen-bond donors (Lipinski definition) is 3. The maximum Gasteiger partial charge on any atom is 0.333 e. The van der Waals surface area contributed by atoms with Gasteiger partial charge in [0.25, 0.3) is 5.56 Å². The highest BCUT2D eigenvalue weighted by Gasteiger charge is 2.43. The minimum absolute atomic E-state index is 0.0775. The summed E-state index contributed by atoms with van der Waals surface area (Å²) in [6, 6.07) is 10.2. The van der Waals surface area contributed by atoms with Gasteiger partial charge >= 0.3 is 5.69 Å². The van der Waals surface area contributed by atoms with E-state index in [0.29, 0.717) is 0 Å². The van der Waals surface area contributed by atoms with E-state index in [9.17, 15) is 19.8 Å². The molecule has 0 spiro atoms. The van der Waals surface area contributed by atoms with Crippen molar-refractivity contribution in [2.45, 2.75) is 31.1 Å². The van der Waals surface area contributed by atoms with E-state index >= 15 is 0 Å². The lowest BCUT2D eigenvalue weighted by atomic mass is 10.1. The molecule has 0 saturated carbocycles. The lowest BCUT2D eigenvalue weighted by Crippen LogP contribution is -2.43. The molecule has 4 atom stereocenters. The van der Waals surface area contributed by atoms with Crippen molar-refractivity contribution in [3.8, 4) is 0 Å². The van der Waals surface area contributed by atoms with Crippen molar-refractivity contribution in [3.05, 3.63) is 69.0 Å². The van der Waals surface area contributed by atoms with Gasteiger partial charge in [-0.15, -0.1) is 0 Å². The molecule has 8 nitrogen and oxygen atoms in total. The van der Waals surface area contributed by atoms with Gasteiger partial charge in [0, 0.05) is 12.3 Å². The average Bonchev–Trinajstić information content (AvgIpc) is 2.88. The summed E-state index contributed by atoms with van der Waals surface area (Å²) in [6.07, 6.45) is -3.66. The van der Waals surface area contributed by atoms with E-state index in [2.05, 4.69) is 0 Å². The third kappa shape index (κ3) is 2.92. The monoisotopic (exact) mass is 334 g/mol. The zero-order valence-electron chi connectivity index (χ0n) is 12.7. The molecule has 1 aromatic carbocycles. The summed E-state index contributed by atoms with van der Waals surface area (Å²) in [5, 5.41) is 29.0. The summed E-state index contributed by atoms with van der Waals surface area (Å²) in [7, 11) is 0. The molecule has 0 aliphatic carbocycles. The van der Waals surface area contributed by atoms with Crippen molar-refractivity contribution in [1.29, 1.82) is 0 Å². The number of aliphatic hydroxyl groups excluding tert-OH is 3. The van der Waals surface area contributed by atoms with Gasteiger partial charge in [-0.2, -0.15) is 0 Å². The Morgan fingerprint density at radius 1 is 1.04 bits per heavy atom. The molecule has 24 heavy (non-hydrogen) atoms. The van der Waals surface area contributed by atoms with E-state index in [1.54, 1.807) is 24.3 Å². The largest absolute Gasteiger partial charge is 0.394 e. The van der Waals surface area contributed by atoms with Crippen LogP contribution in [0.15, 0.2) is 52.2 Å². The van der Waals surface area contributed by atoms with Crippen molar-refractivity contribution in [2.75, 3.05) is 6.61 Å². The van der Waals surface area contributed by atoms with Crippen molar-refractivity contribution >= 4 is 0 Å². The van der Waals surface area contributed by atoms with Crippen molar-refractivity contribution in [2.24, 2.45) is 0 Å². The molecule has 8 heteroatoms. The van der Waals surface area contributed by atoms with Crippen molar-refractivity contribution in [1.82, 2.24) is 9.13 Å². The Morgan fingerprint density at radius 2 is 1.75 bits per heavy atom. The fraction of sp³-hybridized carbons (Fsp3) is 0.375. The van der Waals surface area contributed by atoms with Gasteiger partial charge in [0.1, 0.15) is 18.3 Å². The fourth-order valence-corrected chi connectivity index (χ4v) is 2.75. The number of benzene rings is 1. The summed E-state index contributed by atoms with van der Waals surface area (Å²) < 4.78 is 7.41. The Bertz CT molecular complexity index is 815. The highest BCUT2D eigenvalue weighted by atomic mass is 16.6. The molecule has 2 heterocycles. The maximum atomic E-state index is 12.6. The van der Waals surface area contributed by atoms with Gasteiger partial charge < -0.3 is 20.1 Å². The SMILES string of the molecule is O=c1ccn(C2OC(CO)C(O)C2O)c(=O)n1Cc1ccccc1. The molecular weight excluding hydrogens is 316 g/mol. The fourth-order valence-electron chi connectivity index (χ4n) is 2.75. The number of hydrogen-bond acceptors (Lipinski definition) is 6. The molecule has 1 fully saturated rings. The van der Waals surface area contributed by atoms with Gasteiger partial charge in [0.15, 0.2) is 6.23 Å². The Morgan fingerprint density at radius 3 is 2.38 bits per heavy atom. The standard InChI is InChI=1S/C16H18N2O6/c19-9-11-13(21)14(22)15(24-11)17-7-6-12(20)18(16(17)23)8-10-4-2-1-3-5-10/h1-7,11,13-15,19,21-22H,8-9H2. The smallest absolute Gasteiger partial charge is 0.333 e. The lowest BCUT2D eigenvalue weighted by Gasteiger charge is -2.18. The quantitative estimate of drug-likeness (QED) is 0.638. The van der Waals surface area contributed by atoms with Crippen LogP contribution in [0.25, 0.3) is 0 Å². The molecule has 3 N–H and O–H groups in total. The van der Waals surface area contributed by atoms with Crippen LogP contribution in [0.1, 0.15) is 11.8 Å². The highest BCUT2D eigenvalue weighted by molar-refractivity contribution is 5.15. The third-order valence-electron chi connectivity index (χ3n) is 4.07. The lowest BCUT2D eigenvalue weighted by molar-refractivity contribution is -0.0555. The normalized spacial score (nSPS) is 26.6. The molecule has 1 aromatic heterocycles. The van der Waals surface area contributed by atoms with Crippen molar-refractivity contribution in [3.63, 3.8) is 0 Å². The summed E-state index contributed by atoms with van der Waals surface area (Å²) >= 11 is 0. The minimum atomic E-state index is -1.39. The summed E-state index contributed by atoms with van der Waals surface area (Å²) in [6.45, 7) is -0.415. The van der Waals surface area contributed by atoms with Crippen LogP contribution in [0.3, 0.4) is 0 Å². The second kappa shape index (κ2) is 6.70. The van der Waals surface area contributed by atoms with Crippen LogP contribution in [-0.2, 0) is 11.3 Å². The molecule has 1 aliphatic heterocycles. The summed E-state index contributed by atoms with van der Waals surface area (Å²) in [5.41, 5.74) is -0.372. The van der Waals surface area contributed by atoms with Gasteiger partial charge in [-0.3, -0.25) is 13.9 Å². The first-order valence-corrected chi connectivity index (χ1v) is 7.51. The number of aliphatic hydroxyl groups is 3. The number of rotatable bonds is 4. The highest BCUT2D eigenvalue weighted by Crippen LogP contribution is 2.27.